The molecule has 0 aliphatic carbocycles. The van der Waals surface area contributed by atoms with Crippen LogP contribution in [0.2, 0.25) is 0 Å². The summed E-state index contributed by atoms with van der Waals surface area (Å²) in [6.45, 7) is 2.72. The molecule has 0 radical (unpaired) electrons. The van der Waals surface area contributed by atoms with Gasteiger partial charge in [-0.15, -0.1) is 0 Å². The van der Waals surface area contributed by atoms with Crippen LogP contribution in [0, 0.1) is 0 Å². The van der Waals surface area contributed by atoms with Gasteiger partial charge in [-0.05, 0) is 6.42 Å². The molecule has 1 heterocycles. The van der Waals surface area contributed by atoms with Crippen LogP contribution in [0.15, 0.2) is 5.16 Å². The third-order valence-corrected chi connectivity index (χ3v) is 1.60. The van der Waals surface area contributed by atoms with Crippen molar-refractivity contribution in [2.75, 3.05) is 6.54 Å². The van der Waals surface area contributed by atoms with Gasteiger partial charge in [-0.25, -0.2) is 0 Å². The smallest absolute Gasteiger partial charge is 0.145 e. The van der Waals surface area contributed by atoms with Gasteiger partial charge < -0.3 is 10.6 Å². The van der Waals surface area contributed by atoms with Crippen molar-refractivity contribution in [2.45, 2.75) is 32.3 Å². The van der Waals surface area contributed by atoms with Crippen molar-refractivity contribution in [1.29, 1.82) is 0 Å². The average Bonchev–Trinajstić information content (AvgIpc) is 2.37. The van der Waals surface area contributed by atoms with Crippen LogP contribution < -0.4 is 5.73 Å². The molecular formula is C7H14N2O. The van der Waals surface area contributed by atoms with E-state index in [9.17, 15) is 0 Å². The van der Waals surface area contributed by atoms with Crippen LogP contribution in [0.4, 0.5) is 0 Å². The normalized spacial score (nSPS) is 24.2. The molecule has 0 aromatic heterocycles. The van der Waals surface area contributed by atoms with Crippen LogP contribution in [0.1, 0.15) is 26.2 Å². The molecule has 0 spiro atoms. The van der Waals surface area contributed by atoms with Gasteiger partial charge in [-0.2, -0.15) is 0 Å². The van der Waals surface area contributed by atoms with Crippen molar-refractivity contribution < 1.29 is 4.84 Å². The molecule has 1 atom stereocenters. The van der Waals surface area contributed by atoms with E-state index in [0.717, 1.165) is 25.0 Å². The zero-order valence-electron chi connectivity index (χ0n) is 6.34. The second kappa shape index (κ2) is 3.56. The summed E-state index contributed by atoms with van der Waals surface area (Å²) in [5.74, 6) is 0. The van der Waals surface area contributed by atoms with Gasteiger partial charge in [0.1, 0.15) is 6.10 Å². The first-order valence-electron chi connectivity index (χ1n) is 3.78. The average molecular weight is 142 g/mol. The first kappa shape index (κ1) is 7.54. The van der Waals surface area contributed by atoms with Crippen LogP contribution in [0.3, 0.4) is 0 Å². The fourth-order valence-corrected chi connectivity index (χ4v) is 1.05. The van der Waals surface area contributed by atoms with Crippen LogP contribution in [0.25, 0.3) is 0 Å². The Kier molecular flexibility index (Phi) is 2.68. The van der Waals surface area contributed by atoms with Gasteiger partial charge in [0.05, 0.1) is 5.71 Å². The van der Waals surface area contributed by atoms with Crippen molar-refractivity contribution in [1.82, 2.24) is 0 Å². The molecule has 3 heteroatoms. The number of nitrogens with two attached hydrogens (primary N) is 1. The fraction of sp³-hybridized carbons (Fsp3) is 0.857. The minimum Gasteiger partial charge on any atom is -0.391 e. The highest BCUT2D eigenvalue weighted by Crippen LogP contribution is 2.12. The third-order valence-electron chi connectivity index (χ3n) is 1.60. The molecule has 0 aromatic carbocycles. The van der Waals surface area contributed by atoms with Crippen molar-refractivity contribution in [3.8, 4) is 0 Å². The largest absolute Gasteiger partial charge is 0.391 e. The Morgan fingerprint density at radius 2 is 2.60 bits per heavy atom. The number of hydrogen-bond donors (Lipinski definition) is 1. The molecule has 0 fully saturated rings. The molecular weight excluding hydrogens is 128 g/mol. The maximum Gasteiger partial charge on any atom is 0.145 e. The number of oxime groups is 1. The molecule has 0 amide bonds. The van der Waals surface area contributed by atoms with Gasteiger partial charge in [0, 0.05) is 13.0 Å². The highest BCUT2D eigenvalue weighted by molar-refractivity contribution is 5.85. The topological polar surface area (TPSA) is 47.6 Å². The summed E-state index contributed by atoms with van der Waals surface area (Å²) in [6.07, 6.45) is 3.28. The molecule has 0 bridgehead atoms. The van der Waals surface area contributed by atoms with Gasteiger partial charge >= 0.3 is 0 Å². The second-order valence-corrected chi connectivity index (χ2v) is 2.57. The summed E-state index contributed by atoms with van der Waals surface area (Å²) in [6, 6.07) is 0. The Balaban J connectivity index is 2.25. The van der Waals surface area contributed by atoms with E-state index in [4.69, 9.17) is 10.6 Å². The number of rotatable bonds is 3. The standard InChI is InChI=1S/C7H14N2O/c1-2-3-6-4-7(5-8)10-9-6/h7H,2-5,8H2,1H3. The maximum atomic E-state index is 5.39. The highest BCUT2D eigenvalue weighted by atomic mass is 16.6. The molecule has 3 nitrogen and oxygen atoms in total. The van der Waals surface area contributed by atoms with E-state index in [1.165, 1.54) is 0 Å². The van der Waals surface area contributed by atoms with Crippen molar-refractivity contribution in [3.05, 3.63) is 0 Å². The Morgan fingerprint density at radius 3 is 3.10 bits per heavy atom. The first-order valence-corrected chi connectivity index (χ1v) is 3.78. The Hall–Kier alpha value is -0.570. The summed E-state index contributed by atoms with van der Waals surface area (Å²) >= 11 is 0. The monoisotopic (exact) mass is 142 g/mol. The van der Waals surface area contributed by atoms with Gasteiger partial charge in [0.15, 0.2) is 0 Å². The molecule has 1 unspecified atom stereocenters. The van der Waals surface area contributed by atoms with Crippen molar-refractivity contribution in [3.63, 3.8) is 0 Å². The molecule has 10 heavy (non-hydrogen) atoms. The van der Waals surface area contributed by atoms with E-state index in [1.54, 1.807) is 0 Å². The molecule has 1 rings (SSSR count). The Labute approximate surface area is 61.2 Å². The zero-order chi connectivity index (χ0) is 7.40. The van der Waals surface area contributed by atoms with Gasteiger partial charge in [-0.3, -0.25) is 0 Å². The summed E-state index contributed by atoms with van der Waals surface area (Å²) < 4.78 is 0. The molecule has 1 aliphatic heterocycles. The number of nitrogens with zero attached hydrogens (tertiary/aromatic N) is 1. The SMILES string of the molecule is CCCC1=NOC(CN)C1. The van der Waals surface area contributed by atoms with E-state index < -0.39 is 0 Å². The summed E-state index contributed by atoms with van der Waals surface area (Å²) in [5, 5.41) is 3.91. The van der Waals surface area contributed by atoms with Gasteiger partial charge in [0.2, 0.25) is 0 Å². The lowest BCUT2D eigenvalue weighted by Crippen LogP contribution is -2.19. The van der Waals surface area contributed by atoms with E-state index in [1.807, 2.05) is 0 Å². The Morgan fingerprint density at radius 1 is 1.80 bits per heavy atom. The lowest BCUT2D eigenvalue weighted by atomic mass is 10.1. The Bertz CT molecular complexity index is 134. The molecule has 0 aromatic rings. The summed E-state index contributed by atoms with van der Waals surface area (Å²) in [4.78, 5) is 5.03. The lowest BCUT2D eigenvalue weighted by Gasteiger charge is -2.01. The third kappa shape index (κ3) is 1.70. The summed E-state index contributed by atoms with van der Waals surface area (Å²) in [7, 11) is 0. The maximum absolute atomic E-state index is 5.39. The van der Waals surface area contributed by atoms with Crippen molar-refractivity contribution >= 4 is 5.71 Å². The van der Waals surface area contributed by atoms with Crippen LogP contribution in [-0.4, -0.2) is 18.4 Å². The van der Waals surface area contributed by atoms with Crippen LogP contribution >= 0.6 is 0 Å². The van der Waals surface area contributed by atoms with Crippen molar-refractivity contribution in [2.24, 2.45) is 10.9 Å². The van der Waals surface area contributed by atoms with E-state index >= 15 is 0 Å². The molecule has 2 N–H and O–H groups in total. The highest BCUT2D eigenvalue weighted by Gasteiger charge is 2.17. The lowest BCUT2D eigenvalue weighted by molar-refractivity contribution is 0.0918. The van der Waals surface area contributed by atoms with E-state index in [0.29, 0.717) is 6.54 Å². The van der Waals surface area contributed by atoms with Crippen LogP contribution in [-0.2, 0) is 4.84 Å². The molecule has 58 valence electrons. The summed E-state index contributed by atoms with van der Waals surface area (Å²) in [5.41, 5.74) is 6.56. The molecule has 1 aliphatic rings. The molecule has 0 saturated heterocycles. The quantitative estimate of drug-likeness (QED) is 0.636. The minimum absolute atomic E-state index is 0.154. The van der Waals surface area contributed by atoms with E-state index in [2.05, 4.69) is 12.1 Å². The first-order chi connectivity index (χ1) is 4.86. The zero-order valence-corrected chi connectivity index (χ0v) is 6.34. The predicted octanol–water partition coefficient (Wildman–Crippen LogP) is 0.890. The molecule has 0 saturated carbocycles. The van der Waals surface area contributed by atoms with Gasteiger partial charge in [-0.1, -0.05) is 18.5 Å². The van der Waals surface area contributed by atoms with E-state index in [-0.39, 0.29) is 6.10 Å². The van der Waals surface area contributed by atoms with Gasteiger partial charge in [0.25, 0.3) is 0 Å². The fourth-order valence-electron chi connectivity index (χ4n) is 1.05. The second-order valence-electron chi connectivity index (χ2n) is 2.57. The van der Waals surface area contributed by atoms with Crippen LogP contribution in [0.5, 0.6) is 0 Å². The predicted molar refractivity (Wildman–Crippen MR) is 40.9 cm³/mol. The number of hydrogen-bond acceptors (Lipinski definition) is 3. The minimum atomic E-state index is 0.154.